The first-order valence-electron chi connectivity index (χ1n) is 14.8. The van der Waals surface area contributed by atoms with Crippen molar-refractivity contribution in [1.29, 1.82) is 0 Å². The number of aliphatic hydroxyl groups excluding tert-OH is 1. The van der Waals surface area contributed by atoms with Gasteiger partial charge in [0, 0.05) is 16.8 Å². The van der Waals surface area contributed by atoms with Gasteiger partial charge in [0.25, 0.3) is 0 Å². The molecule has 226 valence electrons. The van der Waals surface area contributed by atoms with E-state index in [4.69, 9.17) is 4.74 Å². The van der Waals surface area contributed by atoms with E-state index in [0.29, 0.717) is 19.4 Å². The number of fused-ring (bicyclic) bond motifs is 1. The number of hydrogen-bond donors (Lipinski definition) is 1. The Labute approximate surface area is 246 Å². The molecule has 3 aliphatic rings. The molecule has 3 heterocycles. The SMILES string of the molecule is C=CCCCOC(=O)[C@@H]1[C@H]2C(=O)N([C@@H](CO)C(C)C)C(C(=O)N(CC=C)C(C)(C)CC(C)(C)C)C23CC[C@@]1(C)S3. The van der Waals surface area contributed by atoms with Gasteiger partial charge >= 0.3 is 5.97 Å². The Bertz CT molecular complexity index is 1000. The van der Waals surface area contributed by atoms with Crippen LogP contribution in [-0.4, -0.2) is 79.6 Å². The molecule has 3 saturated heterocycles. The molecule has 2 bridgehead atoms. The van der Waals surface area contributed by atoms with Crippen molar-refractivity contribution in [2.24, 2.45) is 23.2 Å². The van der Waals surface area contributed by atoms with E-state index in [9.17, 15) is 19.5 Å². The average molecular weight is 577 g/mol. The van der Waals surface area contributed by atoms with Gasteiger partial charge in [0.05, 0.1) is 35.8 Å². The molecule has 2 unspecified atom stereocenters. The summed E-state index contributed by atoms with van der Waals surface area (Å²) in [6, 6.07) is -1.32. The number of unbranched alkanes of at least 4 members (excludes halogenated alkanes) is 1. The standard InChI is InChI=1S/C32H52N2O5S/c1-11-13-14-18-39-28(38)24-23-26(36)34(22(19-35)21(3)4)25(32(23)16-15-31(24,10)40-32)27(37)33(17-12-2)30(8,9)20-29(5,6)7/h11-12,21-25,35H,1-2,13-20H2,3-10H3/t22-,23-,24-,25?,31+,32?/m0/s1. The van der Waals surface area contributed by atoms with E-state index in [1.165, 1.54) is 0 Å². The summed E-state index contributed by atoms with van der Waals surface area (Å²) in [6.45, 7) is 24.7. The fourth-order valence-electron chi connectivity index (χ4n) is 7.77. The summed E-state index contributed by atoms with van der Waals surface area (Å²) >= 11 is 1.64. The number of aliphatic hydroxyl groups is 1. The Kier molecular flexibility index (Phi) is 9.67. The molecule has 40 heavy (non-hydrogen) atoms. The molecule has 0 saturated carbocycles. The number of esters is 1. The Morgan fingerprint density at radius 3 is 2.38 bits per heavy atom. The molecule has 1 spiro atoms. The topological polar surface area (TPSA) is 87.1 Å². The van der Waals surface area contributed by atoms with Gasteiger partial charge in [0.1, 0.15) is 6.04 Å². The molecule has 6 atom stereocenters. The van der Waals surface area contributed by atoms with Crippen molar-refractivity contribution in [3.05, 3.63) is 25.3 Å². The minimum atomic E-state index is -0.783. The highest BCUT2D eigenvalue weighted by atomic mass is 32.2. The summed E-state index contributed by atoms with van der Waals surface area (Å²) in [5.74, 6) is -2.06. The highest BCUT2D eigenvalue weighted by Crippen LogP contribution is 2.72. The van der Waals surface area contributed by atoms with E-state index in [2.05, 4.69) is 54.7 Å². The Morgan fingerprint density at radius 1 is 1.20 bits per heavy atom. The number of rotatable bonds is 13. The molecule has 8 heteroatoms. The van der Waals surface area contributed by atoms with Crippen LogP contribution >= 0.6 is 11.8 Å². The second kappa shape index (κ2) is 11.8. The second-order valence-corrected chi connectivity index (χ2v) is 16.2. The van der Waals surface area contributed by atoms with Gasteiger partial charge in [0.2, 0.25) is 11.8 Å². The van der Waals surface area contributed by atoms with Crippen LogP contribution in [0.2, 0.25) is 0 Å². The van der Waals surface area contributed by atoms with Crippen LogP contribution < -0.4 is 0 Å². The maximum absolute atomic E-state index is 14.9. The molecular formula is C32H52N2O5S. The summed E-state index contributed by atoms with van der Waals surface area (Å²) in [4.78, 5) is 46.5. The Morgan fingerprint density at radius 2 is 1.85 bits per heavy atom. The summed E-state index contributed by atoms with van der Waals surface area (Å²) in [6.07, 6.45) is 7.12. The van der Waals surface area contributed by atoms with Crippen molar-refractivity contribution in [3.63, 3.8) is 0 Å². The molecule has 0 aromatic heterocycles. The number of amides is 2. The highest BCUT2D eigenvalue weighted by molar-refractivity contribution is 8.02. The zero-order valence-electron chi connectivity index (χ0n) is 26.0. The van der Waals surface area contributed by atoms with Gasteiger partial charge < -0.3 is 19.6 Å². The lowest BCUT2D eigenvalue weighted by atomic mass is 9.66. The molecule has 3 aliphatic heterocycles. The van der Waals surface area contributed by atoms with E-state index in [1.54, 1.807) is 28.8 Å². The maximum atomic E-state index is 14.9. The number of hydrogen-bond acceptors (Lipinski definition) is 6. The van der Waals surface area contributed by atoms with Crippen LogP contribution in [0.4, 0.5) is 0 Å². The van der Waals surface area contributed by atoms with E-state index >= 15 is 0 Å². The van der Waals surface area contributed by atoms with Crippen LogP contribution in [0.1, 0.15) is 87.5 Å². The third-order valence-corrected chi connectivity index (χ3v) is 11.1. The first-order chi connectivity index (χ1) is 18.5. The fourth-order valence-corrected chi connectivity index (χ4v) is 10.1. The third-order valence-electron chi connectivity index (χ3n) is 9.08. The number of carbonyl (C=O) groups is 3. The van der Waals surface area contributed by atoms with Gasteiger partial charge in [-0.15, -0.1) is 24.9 Å². The van der Waals surface area contributed by atoms with Gasteiger partial charge in [-0.2, -0.15) is 0 Å². The normalized spacial score (nSPS) is 30.4. The van der Waals surface area contributed by atoms with E-state index < -0.39 is 39.0 Å². The summed E-state index contributed by atoms with van der Waals surface area (Å²) in [5.41, 5.74) is -0.538. The highest BCUT2D eigenvalue weighted by Gasteiger charge is 2.78. The summed E-state index contributed by atoms with van der Waals surface area (Å²) in [5, 5.41) is 10.5. The molecule has 7 nitrogen and oxygen atoms in total. The second-order valence-electron chi connectivity index (χ2n) is 14.4. The smallest absolute Gasteiger partial charge is 0.311 e. The van der Waals surface area contributed by atoms with E-state index in [0.717, 1.165) is 19.3 Å². The monoisotopic (exact) mass is 576 g/mol. The predicted octanol–water partition coefficient (Wildman–Crippen LogP) is 5.22. The number of allylic oxidation sites excluding steroid dienone is 1. The maximum Gasteiger partial charge on any atom is 0.311 e. The van der Waals surface area contributed by atoms with Crippen molar-refractivity contribution in [2.45, 2.75) is 115 Å². The minimum absolute atomic E-state index is 0.0325. The largest absolute Gasteiger partial charge is 0.465 e. The van der Waals surface area contributed by atoms with Crippen molar-refractivity contribution < 1.29 is 24.2 Å². The predicted molar refractivity (Wildman–Crippen MR) is 162 cm³/mol. The van der Waals surface area contributed by atoms with Crippen LogP contribution in [0.3, 0.4) is 0 Å². The first kappa shape index (κ1) is 32.7. The van der Waals surface area contributed by atoms with Crippen LogP contribution in [0.25, 0.3) is 0 Å². The quantitative estimate of drug-likeness (QED) is 0.184. The van der Waals surface area contributed by atoms with Crippen molar-refractivity contribution >= 4 is 29.5 Å². The van der Waals surface area contributed by atoms with E-state index in [1.807, 2.05) is 18.7 Å². The van der Waals surface area contributed by atoms with Crippen molar-refractivity contribution in [2.75, 3.05) is 19.8 Å². The lowest BCUT2D eigenvalue weighted by Crippen LogP contribution is -2.62. The molecule has 0 aromatic carbocycles. The zero-order chi connectivity index (χ0) is 30.3. The van der Waals surface area contributed by atoms with Crippen LogP contribution in [0, 0.1) is 23.2 Å². The van der Waals surface area contributed by atoms with Crippen molar-refractivity contribution in [3.8, 4) is 0 Å². The molecule has 1 N–H and O–H groups in total. The Balaban J connectivity index is 2.12. The molecule has 0 radical (unpaired) electrons. The fraction of sp³-hybridized carbons (Fsp3) is 0.781. The average Bonchev–Trinajstić information content (AvgIpc) is 3.39. The minimum Gasteiger partial charge on any atom is -0.465 e. The zero-order valence-corrected chi connectivity index (χ0v) is 26.8. The van der Waals surface area contributed by atoms with Crippen LogP contribution in [0.15, 0.2) is 25.3 Å². The Hall–Kier alpha value is -1.80. The van der Waals surface area contributed by atoms with Crippen molar-refractivity contribution in [1.82, 2.24) is 9.80 Å². The third kappa shape index (κ3) is 5.77. The summed E-state index contributed by atoms with van der Waals surface area (Å²) < 4.78 is 4.49. The van der Waals surface area contributed by atoms with Crippen LogP contribution in [0.5, 0.6) is 0 Å². The number of likely N-dealkylation sites (tertiary alicyclic amines) is 1. The number of ether oxygens (including phenoxy) is 1. The number of nitrogens with zero attached hydrogens (tertiary/aromatic N) is 2. The number of thioether (sulfide) groups is 1. The molecule has 3 rings (SSSR count). The van der Waals surface area contributed by atoms with E-state index in [-0.39, 0.29) is 42.3 Å². The lowest BCUT2D eigenvalue weighted by molar-refractivity contribution is -0.156. The van der Waals surface area contributed by atoms with Gasteiger partial charge in [-0.05, 0) is 64.2 Å². The lowest BCUT2D eigenvalue weighted by Gasteiger charge is -2.47. The summed E-state index contributed by atoms with van der Waals surface area (Å²) in [7, 11) is 0. The van der Waals surface area contributed by atoms with Crippen LogP contribution in [-0.2, 0) is 19.1 Å². The molecule has 0 aliphatic carbocycles. The van der Waals surface area contributed by atoms with Gasteiger partial charge in [-0.1, -0.05) is 46.8 Å². The molecule has 3 fully saturated rings. The first-order valence-corrected chi connectivity index (χ1v) is 15.7. The van der Waals surface area contributed by atoms with Gasteiger partial charge in [0.15, 0.2) is 0 Å². The molecule has 2 amide bonds. The molecular weight excluding hydrogens is 524 g/mol. The van der Waals surface area contributed by atoms with Gasteiger partial charge in [-0.25, -0.2) is 0 Å². The van der Waals surface area contributed by atoms with Gasteiger partial charge in [-0.3, -0.25) is 14.4 Å². The molecule has 0 aromatic rings. The number of carbonyl (C=O) groups excluding carboxylic acids is 3.